The second kappa shape index (κ2) is 4.24. The molecule has 0 saturated carbocycles. The Morgan fingerprint density at radius 2 is 2.40 bits per heavy atom. The number of aromatic nitrogens is 1. The fourth-order valence-electron chi connectivity index (χ4n) is 0.673. The summed E-state index contributed by atoms with van der Waals surface area (Å²) in [5, 5.41) is 17.8. The minimum absolute atomic E-state index is 0.0670. The molecule has 0 fully saturated rings. The average molecular weight is 247 g/mol. The van der Waals surface area contributed by atoms with Crippen LogP contribution in [-0.2, 0) is 10.0 Å². The number of nitrogens with zero attached hydrogens (tertiary/aromatic N) is 2. The lowest BCUT2D eigenvalue weighted by Crippen LogP contribution is -2.15. The topological polar surface area (TPSA) is 120 Å². The van der Waals surface area contributed by atoms with Gasteiger partial charge in [-0.15, -0.1) is 11.3 Å². The molecule has 0 saturated heterocycles. The Hall–Kier alpha value is -1.66. The molecular formula is C6H5N3O4S2. The first-order valence-corrected chi connectivity index (χ1v) is 6.04. The summed E-state index contributed by atoms with van der Waals surface area (Å²) in [6, 6.07) is 1.47. The minimum Gasteiger partial charge on any atom is -0.476 e. The first kappa shape index (κ1) is 11.4. The highest BCUT2D eigenvalue weighted by Crippen LogP contribution is 2.16. The van der Waals surface area contributed by atoms with Gasteiger partial charge in [-0.05, 0) is 0 Å². The SMILES string of the molecule is N#CCS(=O)(=O)Nc1nc(C(=O)O)cs1. The molecule has 0 radical (unpaired) electrons. The average Bonchev–Trinajstić information content (AvgIpc) is 2.51. The highest BCUT2D eigenvalue weighted by atomic mass is 32.2. The van der Waals surface area contributed by atoms with Crippen molar-refractivity contribution in [3.63, 3.8) is 0 Å². The molecule has 15 heavy (non-hydrogen) atoms. The van der Waals surface area contributed by atoms with Crippen LogP contribution in [0.2, 0.25) is 0 Å². The lowest BCUT2D eigenvalue weighted by Gasteiger charge is -1.98. The number of carbonyl (C=O) groups is 1. The maximum Gasteiger partial charge on any atom is 0.355 e. The van der Waals surface area contributed by atoms with Crippen molar-refractivity contribution >= 4 is 32.5 Å². The van der Waals surface area contributed by atoms with Crippen LogP contribution in [0.25, 0.3) is 0 Å². The molecule has 0 bridgehead atoms. The first-order valence-electron chi connectivity index (χ1n) is 3.51. The van der Waals surface area contributed by atoms with Gasteiger partial charge in [-0.3, -0.25) is 4.72 Å². The molecule has 1 rings (SSSR count). The third-order valence-corrected chi connectivity index (χ3v) is 3.12. The largest absolute Gasteiger partial charge is 0.476 e. The number of sulfonamides is 1. The van der Waals surface area contributed by atoms with Crippen molar-refractivity contribution in [3.05, 3.63) is 11.1 Å². The van der Waals surface area contributed by atoms with Gasteiger partial charge in [0.05, 0.1) is 6.07 Å². The van der Waals surface area contributed by atoms with Crippen LogP contribution in [0.15, 0.2) is 5.38 Å². The lowest BCUT2D eigenvalue weighted by atomic mass is 10.5. The fraction of sp³-hybridized carbons (Fsp3) is 0.167. The van der Waals surface area contributed by atoms with Crippen LogP contribution in [-0.4, -0.2) is 30.2 Å². The summed E-state index contributed by atoms with van der Waals surface area (Å²) in [5.41, 5.74) is -0.241. The number of thiazole rings is 1. The summed E-state index contributed by atoms with van der Waals surface area (Å²) in [5.74, 6) is -1.94. The highest BCUT2D eigenvalue weighted by molar-refractivity contribution is 7.93. The number of carboxylic acid groups (broad SMARTS) is 1. The van der Waals surface area contributed by atoms with Gasteiger partial charge in [-0.1, -0.05) is 0 Å². The number of hydrogen-bond acceptors (Lipinski definition) is 6. The molecule has 0 spiro atoms. The molecule has 0 aliphatic heterocycles. The summed E-state index contributed by atoms with van der Waals surface area (Å²) < 4.78 is 24.1. The van der Waals surface area contributed by atoms with E-state index in [0.29, 0.717) is 0 Å². The van der Waals surface area contributed by atoms with E-state index in [4.69, 9.17) is 10.4 Å². The van der Waals surface area contributed by atoms with Crippen molar-refractivity contribution in [2.24, 2.45) is 0 Å². The number of rotatable bonds is 4. The highest BCUT2D eigenvalue weighted by Gasteiger charge is 2.14. The van der Waals surface area contributed by atoms with Crippen molar-refractivity contribution in [3.8, 4) is 6.07 Å². The van der Waals surface area contributed by atoms with E-state index in [9.17, 15) is 13.2 Å². The number of anilines is 1. The third-order valence-electron chi connectivity index (χ3n) is 1.22. The van der Waals surface area contributed by atoms with Crippen LogP contribution in [0.3, 0.4) is 0 Å². The smallest absolute Gasteiger partial charge is 0.355 e. The van der Waals surface area contributed by atoms with E-state index in [1.165, 1.54) is 11.4 Å². The number of aromatic carboxylic acids is 1. The van der Waals surface area contributed by atoms with Crippen LogP contribution in [0.5, 0.6) is 0 Å². The molecule has 1 heterocycles. The molecule has 0 aliphatic rings. The van der Waals surface area contributed by atoms with Gasteiger partial charge in [0.15, 0.2) is 16.6 Å². The predicted octanol–water partition coefficient (Wildman–Crippen LogP) is 0.107. The zero-order valence-corrected chi connectivity index (χ0v) is 8.80. The van der Waals surface area contributed by atoms with Crippen LogP contribution in [0, 0.1) is 11.3 Å². The van der Waals surface area contributed by atoms with Crippen molar-refractivity contribution in [1.29, 1.82) is 5.26 Å². The van der Waals surface area contributed by atoms with Crippen LogP contribution < -0.4 is 4.72 Å². The summed E-state index contributed by atoms with van der Waals surface area (Å²) in [7, 11) is -3.75. The van der Waals surface area contributed by atoms with Crippen LogP contribution in [0.4, 0.5) is 5.13 Å². The van der Waals surface area contributed by atoms with E-state index in [1.54, 1.807) is 0 Å². The van der Waals surface area contributed by atoms with Gasteiger partial charge < -0.3 is 5.11 Å². The van der Waals surface area contributed by atoms with Gasteiger partial charge in [-0.2, -0.15) is 5.26 Å². The summed E-state index contributed by atoms with van der Waals surface area (Å²) in [4.78, 5) is 13.9. The molecule has 0 aliphatic carbocycles. The Kier molecular flexibility index (Phi) is 3.23. The van der Waals surface area contributed by atoms with Crippen LogP contribution >= 0.6 is 11.3 Å². The lowest BCUT2D eigenvalue weighted by molar-refractivity contribution is 0.0691. The summed E-state index contributed by atoms with van der Waals surface area (Å²) in [6.07, 6.45) is 0. The van der Waals surface area contributed by atoms with Gasteiger partial charge >= 0.3 is 5.97 Å². The summed E-state index contributed by atoms with van der Waals surface area (Å²) in [6.45, 7) is 0. The van der Waals surface area contributed by atoms with E-state index in [1.807, 2.05) is 4.72 Å². The standard InChI is InChI=1S/C6H5N3O4S2/c7-1-2-15(12,13)9-6-8-4(3-14-6)5(10)11/h3H,2H2,(H,8,9)(H,10,11). The van der Waals surface area contributed by atoms with Crippen molar-refractivity contribution in [1.82, 2.24) is 4.98 Å². The summed E-state index contributed by atoms with van der Waals surface area (Å²) >= 11 is 0.839. The molecule has 1 aromatic heterocycles. The molecule has 0 amide bonds. The molecular weight excluding hydrogens is 242 g/mol. The number of hydrogen-bond donors (Lipinski definition) is 2. The first-order chi connectivity index (χ1) is 6.94. The van der Waals surface area contributed by atoms with E-state index < -0.39 is 21.7 Å². The van der Waals surface area contributed by atoms with Gasteiger partial charge in [0, 0.05) is 5.38 Å². The second-order valence-corrected chi connectivity index (χ2v) is 4.94. The maximum absolute atomic E-state index is 11.1. The fourth-order valence-corrected chi connectivity index (χ4v) is 2.33. The van der Waals surface area contributed by atoms with E-state index in [0.717, 1.165) is 11.3 Å². The van der Waals surface area contributed by atoms with E-state index in [2.05, 4.69) is 4.98 Å². The van der Waals surface area contributed by atoms with Crippen molar-refractivity contribution in [2.45, 2.75) is 0 Å². The van der Waals surface area contributed by atoms with Gasteiger partial charge in [0.25, 0.3) is 0 Å². The van der Waals surface area contributed by atoms with Gasteiger partial charge in [0.2, 0.25) is 10.0 Å². The monoisotopic (exact) mass is 247 g/mol. The normalized spacial score (nSPS) is 10.6. The van der Waals surface area contributed by atoms with Crippen molar-refractivity contribution < 1.29 is 18.3 Å². The molecule has 1 aromatic rings. The molecule has 0 atom stereocenters. The second-order valence-electron chi connectivity index (χ2n) is 2.36. The van der Waals surface area contributed by atoms with E-state index >= 15 is 0 Å². The van der Waals surface area contributed by atoms with Crippen molar-refractivity contribution in [2.75, 3.05) is 10.5 Å². The zero-order chi connectivity index (χ0) is 11.5. The quantitative estimate of drug-likeness (QED) is 0.778. The van der Waals surface area contributed by atoms with E-state index in [-0.39, 0.29) is 10.8 Å². The Balaban J connectivity index is 2.83. The third kappa shape index (κ3) is 3.19. The number of nitrogens with one attached hydrogen (secondary N) is 1. The zero-order valence-electron chi connectivity index (χ0n) is 7.17. The van der Waals surface area contributed by atoms with Crippen LogP contribution in [0.1, 0.15) is 10.5 Å². The molecule has 80 valence electrons. The maximum atomic E-state index is 11.1. The Morgan fingerprint density at radius 3 is 2.87 bits per heavy atom. The molecule has 0 unspecified atom stereocenters. The molecule has 9 heteroatoms. The number of nitriles is 1. The molecule has 0 aromatic carbocycles. The van der Waals surface area contributed by atoms with Gasteiger partial charge in [-0.25, -0.2) is 18.2 Å². The van der Waals surface area contributed by atoms with Gasteiger partial charge in [0.1, 0.15) is 0 Å². The number of carboxylic acids is 1. The Morgan fingerprint density at radius 1 is 1.73 bits per heavy atom. The predicted molar refractivity (Wildman–Crippen MR) is 52.1 cm³/mol. The molecule has 7 nitrogen and oxygen atoms in total. The Labute approximate surface area is 89.0 Å². The molecule has 2 N–H and O–H groups in total. The minimum atomic E-state index is -3.75. The Bertz CT molecular complexity index is 513.